The number of nitrogen functional groups attached to an aromatic ring is 1. The molecule has 2 aromatic rings. The molecule has 2 aromatic heterocycles. The molecule has 0 atom stereocenters. The highest BCUT2D eigenvalue weighted by molar-refractivity contribution is 5.98. The van der Waals surface area contributed by atoms with E-state index in [-0.39, 0.29) is 17.7 Å². The van der Waals surface area contributed by atoms with Gasteiger partial charge in [-0.3, -0.25) is 0 Å². The maximum Gasteiger partial charge on any atom is 0.352 e. The Morgan fingerprint density at radius 3 is 2.62 bits per heavy atom. The monoisotopic (exact) mass is 289 g/mol. The summed E-state index contributed by atoms with van der Waals surface area (Å²) in [5, 5.41) is 10.2. The second-order valence-electron chi connectivity index (χ2n) is 5.68. The number of rotatable bonds is 3. The standard InChI is InChI=1S/C14H19N5O2/c1-18(2)11-9-7-10(13(20)21)19(8-5-3-4-6-8)12(9)17-14(15)16-11/h7-8H,3-6H2,1-2H3,(H,20,21)(H2,15,16,17). The van der Waals surface area contributed by atoms with Crippen molar-refractivity contribution in [2.45, 2.75) is 31.7 Å². The zero-order chi connectivity index (χ0) is 15.1. The normalized spacial score (nSPS) is 15.7. The minimum atomic E-state index is -0.942. The van der Waals surface area contributed by atoms with Gasteiger partial charge in [-0.05, 0) is 18.9 Å². The SMILES string of the molecule is CN(C)c1nc(N)nc2c1cc(C(=O)O)n2C1CCCC1. The van der Waals surface area contributed by atoms with Crippen LogP contribution >= 0.6 is 0 Å². The summed E-state index contributed by atoms with van der Waals surface area (Å²) in [6.45, 7) is 0. The molecule has 1 fully saturated rings. The van der Waals surface area contributed by atoms with Crippen LogP contribution in [0, 0.1) is 0 Å². The number of carboxylic acid groups (broad SMARTS) is 1. The molecule has 0 unspecified atom stereocenters. The fourth-order valence-electron chi connectivity index (χ4n) is 3.13. The molecule has 21 heavy (non-hydrogen) atoms. The van der Waals surface area contributed by atoms with Crippen LogP contribution in [0.3, 0.4) is 0 Å². The van der Waals surface area contributed by atoms with Crippen LogP contribution in [0.1, 0.15) is 42.2 Å². The van der Waals surface area contributed by atoms with E-state index in [9.17, 15) is 9.90 Å². The van der Waals surface area contributed by atoms with Crippen molar-refractivity contribution in [3.8, 4) is 0 Å². The number of anilines is 2. The van der Waals surface area contributed by atoms with Crippen molar-refractivity contribution in [3.63, 3.8) is 0 Å². The van der Waals surface area contributed by atoms with Gasteiger partial charge in [0.15, 0.2) is 0 Å². The number of aromatic carboxylic acids is 1. The van der Waals surface area contributed by atoms with E-state index in [4.69, 9.17) is 5.73 Å². The lowest BCUT2D eigenvalue weighted by Gasteiger charge is -2.16. The van der Waals surface area contributed by atoms with Crippen molar-refractivity contribution < 1.29 is 9.90 Å². The number of aromatic nitrogens is 3. The highest BCUT2D eigenvalue weighted by atomic mass is 16.4. The van der Waals surface area contributed by atoms with Crippen molar-refractivity contribution in [2.24, 2.45) is 0 Å². The quantitative estimate of drug-likeness (QED) is 0.895. The van der Waals surface area contributed by atoms with E-state index in [0.717, 1.165) is 31.1 Å². The molecule has 1 saturated carbocycles. The predicted molar refractivity (Wildman–Crippen MR) is 80.7 cm³/mol. The predicted octanol–water partition coefficient (Wildman–Crippen LogP) is 1.89. The molecule has 0 aromatic carbocycles. The average molecular weight is 289 g/mol. The number of carboxylic acids is 1. The molecule has 0 radical (unpaired) electrons. The second kappa shape index (κ2) is 4.91. The topological polar surface area (TPSA) is 97.3 Å². The largest absolute Gasteiger partial charge is 0.477 e. The van der Waals surface area contributed by atoms with Crippen LogP contribution in [0.2, 0.25) is 0 Å². The number of nitrogens with two attached hydrogens (primary N) is 1. The Balaban J connectivity index is 2.32. The van der Waals surface area contributed by atoms with E-state index in [1.807, 2.05) is 23.6 Å². The van der Waals surface area contributed by atoms with Gasteiger partial charge in [0.1, 0.15) is 17.2 Å². The van der Waals surface area contributed by atoms with Gasteiger partial charge in [-0.15, -0.1) is 0 Å². The summed E-state index contributed by atoms with van der Waals surface area (Å²) in [6, 6.07) is 1.84. The highest BCUT2D eigenvalue weighted by Gasteiger charge is 2.27. The third-order valence-electron chi connectivity index (χ3n) is 4.02. The third-order valence-corrected chi connectivity index (χ3v) is 4.02. The summed E-state index contributed by atoms with van der Waals surface area (Å²) in [5.41, 5.74) is 6.69. The van der Waals surface area contributed by atoms with E-state index in [1.165, 1.54) is 0 Å². The number of nitrogens with zero attached hydrogens (tertiary/aromatic N) is 4. The molecule has 3 rings (SSSR count). The van der Waals surface area contributed by atoms with Crippen LogP contribution in [0.5, 0.6) is 0 Å². The Bertz CT molecular complexity index is 701. The van der Waals surface area contributed by atoms with Crippen molar-refractivity contribution in [3.05, 3.63) is 11.8 Å². The Kier molecular flexibility index (Phi) is 3.19. The average Bonchev–Trinajstić information content (AvgIpc) is 3.02. The first-order chi connectivity index (χ1) is 9.99. The smallest absolute Gasteiger partial charge is 0.352 e. The Morgan fingerprint density at radius 2 is 2.05 bits per heavy atom. The summed E-state index contributed by atoms with van der Waals surface area (Å²) >= 11 is 0. The minimum absolute atomic E-state index is 0.167. The highest BCUT2D eigenvalue weighted by Crippen LogP contribution is 2.36. The van der Waals surface area contributed by atoms with Gasteiger partial charge >= 0.3 is 5.97 Å². The van der Waals surface area contributed by atoms with Crippen LogP contribution in [-0.2, 0) is 0 Å². The molecule has 0 amide bonds. The zero-order valence-electron chi connectivity index (χ0n) is 12.2. The fourth-order valence-corrected chi connectivity index (χ4v) is 3.13. The molecule has 0 spiro atoms. The van der Waals surface area contributed by atoms with Crippen molar-refractivity contribution in [1.29, 1.82) is 0 Å². The van der Waals surface area contributed by atoms with Crippen molar-refractivity contribution >= 4 is 28.8 Å². The van der Waals surface area contributed by atoms with Gasteiger partial charge in [0.05, 0.1) is 5.39 Å². The molecule has 0 bridgehead atoms. The zero-order valence-corrected chi connectivity index (χ0v) is 12.2. The van der Waals surface area contributed by atoms with Crippen molar-refractivity contribution in [1.82, 2.24) is 14.5 Å². The molecule has 1 aliphatic rings. The van der Waals surface area contributed by atoms with Gasteiger partial charge in [-0.2, -0.15) is 9.97 Å². The summed E-state index contributed by atoms with van der Waals surface area (Å²) in [7, 11) is 3.71. The van der Waals surface area contributed by atoms with Crippen LogP contribution in [-0.4, -0.2) is 39.7 Å². The lowest BCUT2D eigenvalue weighted by atomic mass is 10.2. The molecule has 0 saturated heterocycles. The molecule has 7 nitrogen and oxygen atoms in total. The van der Waals surface area contributed by atoms with Crippen molar-refractivity contribution in [2.75, 3.05) is 24.7 Å². The van der Waals surface area contributed by atoms with Crippen LogP contribution in [0.25, 0.3) is 11.0 Å². The second-order valence-corrected chi connectivity index (χ2v) is 5.68. The van der Waals surface area contributed by atoms with E-state index in [2.05, 4.69) is 9.97 Å². The maximum absolute atomic E-state index is 11.6. The van der Waals surface area contributed by atoms with Gasteiger partial charge in [-0.25, -0.2) is 4.79 Å². The molecule has 0 aliphatic heterocycles. The Labute approximate surface area is 122 Å². The summed E-state index contributed by atoms with van der Waals surface area (Å²) in [4.78, 5) is 22.0. The Morgan fingerprint density at radius 1 is 1.38 bits per heavy atom. The van der Waals surface area contributed by atoms with Gasteiger partial charge in [0, 0.05) is 20.1 Å². The minimum Gasteiger partial charge on any atom is -0.477 e. The molecular formula is C14H19N5O2. The number of fused-ring (bicyclic) bond motifs is 1. The first kappa shape index (κ1) is 13.7. The van der Waals surface area contributed by atoms with Gasteiger partial charge in [0.25, 0.3) is 0 Å². The van der Waals surface area contributed by atoms with E-state index < -0.39 is 5.97 Å². The molecule has 7 heteroatoms. The van der Waals surface area contributed by atoms with Crippen LogP contribution in [0.4, 0.5) is 11.8 Å². The summed E-state index contributed by atoms with van der Waals surface area (Å²) in [6.07, 6.45) is 4.19. The fraction of sp³-hybridized carbons (Fsp3) is 0.500. The summed E-state index contributed by atoms with van der Waals surface area (Å²) in [5.74, 6) is -0.125. The van der Waals surface area contributed by atoms with E-state index in [1.54, 1.807) is 6.07 Å². The summed E-state index contributed by atoms with van der Waals surface area (Å²) < 4.78 is 1.83. The lowest BCUT2D eigenvalue weighted by molar-refractivity contribution is 0.0683. The molecular weight excluding hydrogens is 270 g/mol. The third kappa shape index (κ3) is 2.18. The first-order valence-electron chi connectivity index (χ1n) is 7.08. The number of carbonyl (C=O) groups is 1. The van der Waals surface area contributed by atoms with Gasteiger partial charge < -0.3 is 20.3 Å². The van der Waals surface area contributed by atoms with E-state index >= 15 is 0 Å². The van der Waals surface area contributed by atoms with Crippen LogP contribution < -0.4 is 10.6 Å². The van der Waals surface area contributed by atoms with E-state index in [0.29, 0.717) is 11.5 Å². The molecule has 3 N–H and O–H groups in total. The maximum atomic E-state index is 11.6. The molecule has 1 aliphatic carbocycles. The number of hydrogen-bond donors (Lipinski definition) is 2. The van der Waals surface area contributed by atoms with Crippen LogP contribution in [0.15, 0.2) is 6.07 Å². The molecule has 2 heterocycles. The first-order valence-corrected chi connectivity index (χ1v) is 7.08. The number of hydrogen-bond acceptors (Lipinski definition) is 5. The molecule has 112 valence electrons. The Hall–Kier alpha value is -2.31. The lowest BCUT2D eigenvalue weighted by Crippen LogP contribution is -2.15. The van der Waals surface area contributed by atoms with Gasteiger partial charge in [0.2, 0.25) is 5.95 Å². The van der Waals surface area contributed by atoms with Gasteiger partial charge in [-0.1, -0.05) is 12.8 Å².